The number of urea groups is 1. The molecule has 2 heterocycles. The van der Waals surface area contributed by atoms with Gasteiger partial charge in [-0.3, -0.25) is 4.79 Å². The average molecular weight is 294 g/mol. The van der Waals surface area contributed by atoms with Crippen LogP contribution in [-0.2, 0) is 4.79 Å². The normalized spacial score (nSPS) is 19.5. The van der Waals surface area contributed by atoms with Gasteiger partial charge in [0.25, 0.3) is 0 Å². The SMILES string of the molecule is CCC(NC(=O)N1CCC(CCC(=O)O)C1)c1ncc[nH]1. The largest absolute Gasteiger partial charge is 0.481 e. The molecule has 0 saturated carbocycles. The molecule has 1 aromatic heterocycles. The topological polar surface area (TPSA) is 98.3 Å². The number of nitrogens with zero attached hydrogens (tertiary/aromatic N) is 2. The fourth-order valence-electron chi connectivity index (χ4n) is 2.65. The summed E-state index contributed by atoms with van der Waals surface area (Å²) in [6.45, 7) is 3.31. The lowest BCUT2D eigenvalue weighted by Gasteiger charge is -2.21. The molecule has 1 aliphatic rings. The molecule has 2 atom stereocenters. The molecule has 1 aromatic rings. The third-order valence-corrected chi connectivity index (χ3v) is 3.89. The first-order chi connectivity index (χ1) is 10.1. The molecule has 0 radical (unpaired) electrons. The molecule has 2 amide bonds. The van der Waals surface area contributed by atoms with Crippen LogP contribution in [0.2, 0.25) is 0 Å². The lowest BCUT2D eigenvalue weighted by atomic mass is 10.0. The molecule has 21 heavy (non-hydrogen) atoms. The van der Waals surface area contributed by atoms with Crippen LogP contribution < -0.4 is 5.32 Å². The molecule has 0 spiro atoms. The van der Waals surface area contributed by atoms with Crippen molar-refractivity contribution < 1.29 is 14.7 Å². The van der Waals surface area contributed by atoms with E-state index >= 15 is 0 Å². The van der Waals surface area contributed by atoms with Gasteiger partial charge in [-0.05, 0) is 25.2 Å². The molecule has 2 rings (SSSR count). The molecule has 116 valence electrons. The van der Waals surface area contributed by atoms with Crippen molar-refractivity contribution in [3.8, 4) is 0 Å². The second kappa shape index (κ2) is 7.10. The predicted molar refractivity (Wildman–Crippen MR) is 76.7 cm³/mol. The molecule has 0 aliphatic carbocycles. The molecule has 7 heteroatoms. The molecule has 0 bridgehead atoms. The standard InChI is InChI=1S/C14H22N4O3/c1-2-11(13-15-6-7-16-13)17-14(21)18-8-5-10(9-18)3-4-12(19)20/h6-7,10-11H,2-5,8-9H2,1H3,(H,15,16)(H,17,21)(H,19,20). The van der Waals surface area contributed by atoms with Crippen molar-refractivity contribution in [1.29, 1.82) is 0 Å². The molecule has 1 fully saturated rings. The number of rotatable bonds is 6. The zero-order chi connectivity index (χ0) is 15.2. The maximum absolute atomic E-state index is 12.3. The molecule has 1 saturated heterocycles. The minimum absolute atomic E-state index is 0.101. The van der Waals surface area contributed by atoms with E-state index in [0.717, 1.165) is 18.7 Å². The van der Waals surface area contributed by atoms with Gasteiger partial charge in [-0.15, -0.1) is 0 Å². The Kier molecular flexibility index (Phi) is 5.19. The summed E-state index contributed by atoms with van der Waals surface area (Å²) in [5.74, 6) is 0.268. The minimum Gasteiger partial charge on any atom is -0.481 e. The number of H-pyrrole nitrogens is 1. The Morgan fingerprint density at radius 3 is 3.05 bits per heavy atom. The van der Waals surface area contributed by atoms with Crippen molar-refractivity contribution in [2.45, 2.75) is 38.6 Å². The highest BCUT2D eigenvalue weighted by Crippen LogP contribution is 2.22. The summed E-state index contributed by atoms with van der Waals surface area (Å²) in [6, 6.07) is -0.221. The number of imidazole rings is 1. The van der Waals surface area contributed by atoms with Crippen LogP contribution in [0.1, 0.15) is 44.5 Å². The smallest absolute Gasteiger partial charge is 0.317 e. The second-order valence-corrected chi connectivity index (χ2v) is 5.42. The van der Waals surface area contributed by atoms with E-state index in [1.807, 2.05) is 6.92 Å². The van der Waals surface area contributed by atoms with Crippen LogP contribution in [-0.4, -0.2) is 45.1 Å². The molecular weight excluding hydrogens is 272 g/mol. The van der Waals surface area contributed by atoms with Crippen LogP contribution in [0, 0.1) is 5.92 Å². The number of carbonyl (C=O) groups excluding carboxylic acids is 1. The number of hydrogen-bond donors (Lipinski definition) is 3. The minimum atomic E-state index is -0.776. The van der Waals surface area contributed by atoms with Gasteiger partial charge in [0.05, 0.1) is 6.04 Å². The van der Waals surface area contributed by atoms with Crippen molar-refractivity contribution in [2.75, 3.05) is 13.1 Å². The fraction of sp³-hybridized carbons (Fsp3) is 0.643. The number of carboxylic acid groups (broad SMARTS) is 1. The highest BCUT2D eigenvalue weighted by atomic mass is 16.4. The van der Waals surface area contributed by atoms with E-state index in [1.165, 1.54) is 0 Å². The predicted octanol–water partition coefficient (Wildman–Crippen LogP) is 1.76. The van der Waals surface area contributed by atoms with Gasteiger partial charge in [0, 0.05) is 31.9 Å². The van der Waals surface area contributed by atoms with Crippen LogP contribution in [0.15, 0.2) is 12.4 Å². The average Bonchev–Trinajstić information content (AvgIpc) is 3.13. The number of amides is 2. The van der Waals surface area contributed by atoms with Crippen LogP contribution in [0.5, 0.6) is 0 Å². The summed E-state index contributed by atoms with van der Waals surface area (Å²) in [5, 5.41) is 11.7. The van der Waals surface area contributed by atoms with Gasteiger partial charge in [-0.2, -0.15) is 0 Å². The zero-order valence-electron chi connectivity index (χ0n) is 12.2. The van der Waals surface area contributed by atoms with E-state index in [2.05, 4.69) is 15.3 Å². The number of aliphatic carboxylic acids is 1. The summed E-state index contributed by atoms with van der Waals surface area (Å²) in [5.41, 5.74) is 0. The Morgan fingerprint density at radius 1 is 1.62 bits per heavy atom. The van der Waals surface area contributed by atoms with Gasteiger partial charge in [0.15, 0.2) is 0 Å². The molecule has 1 aliphatic heterocycles. The Hall–Kier alpha value is -2.05. The van der Waals surface area contributed by atoms with E-state index in [4.69, 9.17) is 5.11 Å². The number of likely N-dealkylation sites (tertiary alicyclic amines) is 1. The third-order valence-electron chi connectivity index (χ3n) is 3.89. The van der Waals surface area contributed by atoms with Crippen LogP contribution in [0.3, 0.4) is 0 Å². The molecule has 3 N–H and O–H groups in total. The summed E-state index contributed by atoms with van der Waals surface area (Å²) in [7, 11) is 0. The fourth-order valence-corrected chi connectivity index (χ4v) is 2.65. The van der Waals surface area contributed by atoms with Gasteiger partial charge in [-0.1, -0.05) is 6.92 Å². The quantitative estimate of drug-likeness (QED) is 0.744. The third kappa shape index (κ3) is 4.21. The highest BCUT2D eigenvalue weighted by molar-refractivity contribution is 5.75. The van der Waals surface area contributed by atoms with Crippen LogP contribution in [0.4, 0.5) is 4.79 Å². The van der Waals surface area contributed by atoms with Crippen molar-refractivity contribution >= 4 is 12.0 Å². The number of hydrogen-bond acceptors (Lipinski definition) is 3. The van der Waals surface area contributed by atoms with E-state index < -0.39 is 5.97 Å². The van der Waals surface area contributed by atoms with Gasteiger partial charge in [-0.25, -0.2) is 9.78 Å². The number of nitrogens with one attached hydrogen (secondary N) is 2. The first-order valence-electron chi connectivity index (χ1n) is 7.36. The van der Waals surface area contributed by atoms with Crippen LogP contribution >= 0.6 is 0 Å². The Balaban J connectivity index is 1.82. The number of carbonyl (C=O) groups is 2. The van der Waals surface area contributed by atoms with E-state index in [0.29, 0.717) is 19.5 Å². The molecule has 7 nitrogen and oxygen atoms in total. The van der Waals surface area contributed by atoms with Gasteiger partial charge < -0.3 is 20.3 Å². The van der Waals surface area contributed by atoms with Crippen molar-refractivity contribution in [1.82, 2.24) is 20.2 Å². The molecular formula is C14H22N4O3. The van der Waals surface area contributed by atoms with Gasteiger partial charge >= 0.3 is 12.0 Å². The number of aromatic nitrogens is 2. The van der Waals surface area contributed by atoms with Gasteiger partial charge in [0.2, 0.25) is 0 Å². The summed E-state index contributed by atoms with van der Waals surface area (Å²) < 4.78 is 0. The second-order valence-electron chi connectivity index (χ2n) is 5.42. The van der Waals surface area contributed by atoms with Crippen molar-refractivity contribution in [3.05, 3.63) is 18.2 Å². The summed E-state index contributed by atoms with van der Waals surface area (Å²) in [6.07, 6.45) is 5.84. The van der Waals surface area contributed by atoms with E-state index in [-0.39, 0.29) is 24.4 Å². The lowest BCUT2D eigenvalue weighted by Crippen LogP contribution is -2.40. The summed E-state index contributed by atoms with van der Waals surface area (Å²) in [4.78, 5) is 31.8. The van der Waals surface area contributed by atoms with Gasteiger partial charge in [0.1, 0.15) is 5.82 Å². The number of aromatic amines is 1. The first kappa shape index (κ1) is 15.3. The number of carboxylic acids is 1. The first-order valence-corrected chi connectivity index (χ1v) is 7.36. The van der Waals surface area contributed by atoms with E-state index in [1.54, 1.807) is 17.3 Å². The zero-order valence-corrected chi connectivity index (χ0v) is 12.2. The maximum Gasteiger partial charge on any atom is 0.317 e. The lowest BCUT2D eigenvalue weighted by molar-refractivity contribution is -0.137. The van der Waals surface area contributed by atoms with E-state index in [9.17, 15) is 9.59 Å². The molecule has 0 aromatic carbocycles. The monoisotopic (exact) mass is 294 g/mol. The maximum atomic E-state index is 12.3. The Morgan fingerprint density at radius 2 is 2.43 bits per heavy atom. The van der Waals surface area contributed by atoms with Crippen LogP contribution in [0.25, 0.3) is 0 Å². The van der Waals surface area contributed by atoms with Crippen molar-refractivity contribution in [3.63, 3.8) is 0 Å². The summed E-state index contributed by atoms with van der Waals surface area (Å²) >= 11 is 0. The Bertz CT molecular complexity index is 475. The van der Waals surface area contributed by atoms with Crippen molar-refractivity contribution in [2.24, 2.45) is 5.92 Å². The highest BCUT2D eigenvalue weighted by Gasteiger charge is 2.28. The molecule has 2 unspecified atom stereocenters. The Labute approximate surface area is 123 Å².